The summed E-state index contributed by atoms with van der Waals surface area (Å²) in [5.41, 5.74) is 9.20. The fourth-order valence-corrected chi connectivity index (χ4v) is 2.89. The lowest BCUT2D eigenvalue weighted by Crippen LogP contribution is -2.44. The number of benzene rings is 1. The Morgan fingerprint density at radius 2 is 2.04 bits per heavy atom. The number of likely N-dealkylation sites (N-methyl/N-ethyl adjacent to an activating group) is 1. The first kappa shape index (κ1) is 16.2. The summed E-state index contributed by atoms with van der Waals surface area (Å²) < 4.78 is 0. The van der Waals surface area contributed by atoms with E-state index in [9.17, 15) is 4.79 Å². The maximum absolute atomic E-state index is 12.7. The maximum atomic E-state index is 12.7. The molecule has 0 radical (unpaired) electrons. The highest BCUT2D eigenvalue weighted by atomic mass is 16.2. The monoisotopic (exact) mass is 322 g/mol. The van der Waals surface area contributed by atoms with E-state index in [-0.39, 0.29) is 5.91 Å². The van der Waals surface area contributed by atoms with Gasteiger partial charge < -0.3 is 15.6 Å². The van der Waals surface area contributed by atoms with Crippen molar-refractivity contribution >= 4 is 16.8 Å². The van der Waals surface area contributed by atoms with Gasteiger partial charge in [-0.2, -0.15) is 0 Å². The van der Waals surface area contributed by atoms with Crippen molar-refractivity contribution in [2.45, 2.75) is 25.9 Å². The minimum atomic E-state index is -0.562. The van der Waals surface area contributed by atoms with Gasteiger partial charge in [-0.3, -0.25) is 9.78 Å². The quantitative estimate of drug-likeness (QED) is 0.732. The first-order chi connectivity index (χ1) is 11.7. The van der Waals surface area contributed by atoms with Gasteiger partial charge in [0.05, 0.1) is 18.3 Å². The van der Waals surface area contributed by atoms with Crippen LogP contribution in [0.15, 0.2) is 54.9 Å². The Kier molecular flexibility index (Phi) is 4.91. The average Bonchev–Trinajstić information content (AvgIpc) is 3.03. The van der Waals surface area contributed by atoms with Crippen molar-refractivity contribution in [1.82, 2.24) is 14.9 Å². The molecular formula is C19H22N4O. The standard InChI is InChI=1S/C19H22N4O/c1-2-23(13-15-7-5-6-10-21-15)19(24)17(20)11-14-12-22-18-9-4-3-8-16(14)18/h3-10,12,17,22H,2,11,13,20H2,1H3/t17-/m0/s1. The number of H-pyrrole nitrogens is 1. The summed E-state index contributed by atoms with van der Waals surface area (Å²) in [5, 5.41) is 1.12. The van der Waals surface area contributed by atoms with E-state index < -0.39 is 6.04 Å². The molecule has 3 N–H and O–H groups in total. The third-order valence-corrected chi connectivity index (χ3v) is 4.20. The Hall–Kier alpha value is -2.66. The highest BCUT2D eigenvalue weighted by Crippen LogP contribution is 2.19. The number of hydrogen-bond acceptors (Lipinski definition) is 3. The largest absolute Gasteiger partial charge is 0.361 e. The fraction of sp³-hybridized carbons (Fsp3) is 0.263. The number of fused-ring (bicyclic) bond motifs is 1. The first-order valence-electron chi connectivity index (χ1n) is 8.18. The zero-order valence-corrected chi connectivity index (χ0v) is 13.8. The van der Waals surface area contributed by atoms with Gasteiger partial charge in [0, 0.05) is 29.8 Å². The summed E-state index contributed by atoms with van der Waals surface area (Å²) in [6, 6.07) is 13.2. The molecule has 0 unspecified atom stereocenters. The SMILES string of the molecule is CCN(Cc1ccccn1)C(=O)[C@@H](N)Cc1c[nH]c2ccccc12. The number of rotatable bonds is 6. The van der Waals surface area contributed by atoms with Crippen LogP contribution in [0.5, 0.6) is 0 Å². The topological polar surface area (TPSA) is 75.0 Å². The van der Waals surface area contributed by atoms with Crippen LogP contribution in [0.3, 0.4) is 0 Å². The molecule has 2 heterocycles. The third-order valence-electron chi connectivity index (χ3n) is 4.20. The highest BCUT2D eigenvalue weighted by Gasteiger charge is 2.21. The molecule has 0 fully saturated rings. The molecule has 0 aliphatic rings. The summed E-state index contributed by atoms with van der Waals surface area (Å²) in [7, 11) is 0. The van der Waals surface area contributed by atoms with E-state index in [2.05, 4.69) is 9.97 Å². The number of para-hydroxylation sites is 1. The van der Waals surface area contributed by atoms with Gasteiger partial charge in [-0.1, -0.05) is 24.3 Å². The van der Waals surface area contributed by atoms with Gasteiger partial charge in [-0.25, -0.2) is 0 Å². The molecule has 1 aromatic carbocycles. The van der Waals surface area contributed by atoms with Gasteiger partial charge in [0.25, 0.3) is 0 Å². The average molecular weight is 322 g/mol. The van der Waals surface area contributed by atoms with Crippen LogP contribution in [-0.4, -0.2) is 33.4 Å². The Morgan fingerprint density at radius 3 is 2.79 bits per heavy atom. The Labute approximate surface area is 141 Å². The molecular weight excluding hydrogens is 300 g/mol. The predicted octanol–water partition coefficient (Wildman–Crippen LogP) is 2.48. The number of nitrogens with one attached hydrogen (secondary N) is 1. The lowest BCUT2D eigenvalue weighted by molar-refractivity contribution is -0.133. The molecule has 0 aliphatic heterocycles. The van der Waals surface area contributed by atoms with Crippen LogP contribution in [0.4, 0.5) is 0 Å². The van der Waals surface area contributed by atoms with E-state index in [1.165, 1.54) is 0 Å². The summed E-state index contributed by atoms with van der Waals surface area (Å²) in [6.45, 7) is 3.05. The minimum Gasteiger partial charge on any atom is -0.361 e. The van der Waals surface area contributed by atoms with Crippen LogP contribution in [0.25, 0.3) is 10.9 Å². The molecule has 24 heavy (non-hydrogen) atoms. The molecule has 0 saturated carbocycles. The molecule has 5 nitrogen and oxygen atoms in total. The normalized spacial score (nSPS) is 12.2. The molecule has 1 amide bonds. The molecule has 3 rings (SSSR count). The molecule has 5 heteroatoms. The Balaban J connectivity index is 1.71. The van der Waals surface area contributed by atoms with E-state index in [0.717, 1.165) is 22.2 Å². The van der Waals surface area contributed by atoms with Gasteiger partial charge in [-0.15, -0.1) is 0 Å². The number of aromatic nitrogens is 2. The smallest absolute Gasteiger partial charge is 0.240 e. The second-order valence-corrected chi connectivity index (χ2v) is 5.84. The number of nitrogens with zero attached hydrogens (tertiary/aromatic N) is 2. The van der Waals surface area contributed by atoms with Crippen LogP contribution in [0, 0.1) is 0 Å². The molecule has 0 aliphatic carbocycles. The Bertz CT molecular complexity index is 812. The summed E-state index contributed by atoms with van der Waals surface area (Å²) >= 11 is 0. The van der Waals surface area contributed by atoms with Crippen LogP contribution in [0.1, 0.15) is 18.2 Å². The van der Waals surface area contributed by atoms with E-state index in [4.69, 9.17) is 5.73 Å². The van der Waals surface area contributed by atoms with Crippen LogP contribution in [-0.2, 0) is 17.8 Å². The van der Waals surface area contributed by atoms with Gasteiger partial charge >= 0.3 is 0 Å². The van der Waals surface area contributed by atoms with Gasteiger partial charge in [0.2, 0.25) is 5.91 Å². The lowest BCUT2D eigenvalue weighted by Gasteiger charge is -2.24. The van der Waals surface area contributed by atoms with Crippen molar-refractivity contribution in [2.24, 2.45) is 5.73 Å². The number of pyridine rings is 1. The van der Waals surface area contributed by atoms with Crippen molar-refractivity contribution in [3.63, 3.8) is 0 Å². The fourth-order valence-electron chi connectivity index (χ4n) is 2.89. The maximum Gasteiger partial charge on any atom is 0.240 e. The molecule has 0 saturated heterocycles. The summed E-state index contributed by atoms with van der Waals surface area (Å²) in [5.74, 6) is -0.0477. The molecule has 0 spiro atoms. The van der Waals surface area contributed by atoms with Crippen molar-refractivity contribution in [3.8, 4) is 0 Å². The number of amides is 1. The van der Waals surface area contributed by atoms with Crippen LogP contribution >= 0.6 is 0 Å². The molecule has 0 bridgehead atoms. The molecule has 3 aromatic rings. The number of carbonyl (C=O) groups excluding carboxylic acids is 1. The van der Waals surface area contributed by atoms with Crippen LogP contribution < -0.4 is 5.73 Å². The van der Waals surface area contributed by atoms with Crippen molar-refractivity contribution < 1.29 is 4.79 Å². The number of nitrogens with two attached hydrogens (primary N) is 1. The molecule has 2 aromatic heterocycles. The minimum absolute atomic E-state index is 0.0477. The van der Waals surface area contributed by atoms with Crippen molar-refractivity contribution in [3.05, 3.63) is 66.1 Å². The zero-order chi connectivity index (χ0) is 16.9. The number of hydrogen-bond donors (Lipinski definition) is 2. The second kappa shape index (κ2) is 7.27. The first-order valence-corrected chi connectivity index (χ1v) is 8.18. The zero-order valence-electron chi connectivity index (χ0n) is 13.8. The predicted molar refractivity (Wildman–Crippen MR) is 95.3 cm³/mol. The number of aromatic amines is 1. The van der Waals surface area contributed by atoms with Crippen molar-refractivity contribution in [2.75, 3.05) is 6.54 Å². The molecule has 1 atom stereocenters. The van der Waals surface area contributed by atoms with E-state index in [0.29, 0.717) is 19.5 Å². The highest BCUT2D eigenvalue weighted by molar-refractivity contribution is 5.86. The molecule has 124 valence electrons. The summed E-state index contributed by atoms with van der Waals surface area (Å²) in [4.78, 5) is 22.0. The van der Waals surface area contributed by atoms with E-state index in [1.807, 2.05) is 55.6 Å². The van der Waals surface area contributed by atoms with E-state index >= 15 is 0 Å². The number of carbonyl (C=O) groups is 1. The lowest BCUT2D eigenvalue weighted by atomic mass is 10.0. The van der Waals surface area contributed by atoms with Gasteiger partial charge in [-0.05, 0) is 37.1 Å². The van der Waals surface area contributed by atoms with E-state index in [1.54, 1.807) is 11.1 Å². The van der Waals surface area contributed by atoms with Gasteiger partial charge in [0.1, 0.15) is 0 Å². The summed E-state index contributed by atoms with van der Waals surface area (Å²) in [6.07, 6.45) is 4.19. The third kappa shape index (κ3) is 3.46. The van der Waals surface area contributed by atoms with Crippen molar-refractivity contribution in [1.29, 1.82) is 0 Å². The van der Waals surface area contributed by atoms with Crippen LogP contribution in [0.2, 0.25) is 0 Å². The second-order valence-electron chi connectivity index (χ2n) is 5.84. The Morgan fingerprint density at radius 1 is 1.25 bits per heavy atom. The van der Waals surface area contributed by atoms with Gasteiger partial charge in [0.15, 0.2) is 0 Å².